The third kappa shape index (κ3) is 2.78. The molecule has 0 amide bonds. The number of carbonyl (C=O) groups excluding carboxylic acids is 1. The number of hydrogen-bond acceptors (Lipinski definition) is 3. The van der Waals surface area contributed by atoms with Gasteiger partial charge in [-0.1, -0.05) is 11.6 Å². The quantitative estimate of drug-likeness (QED) is 0.767. The van der Waals surface area contributed by atoms with Gasteiger partial charge in [-0.2, -0.15) is 11.8 Å². The summed E-state index contributed by atoms with van der Waals surface area (Å²) in [7, 11) is 0. The average Bonchev–Trinajstić information content (AvgIpc) is 2.30. The van der Waals surface area contributed by atoms with E-state index in [4.69, 9.17) is 11.6 Å². The number of nitrogens with zero attached hydrogens (tertiary/aromatic N) is 1. The Hall–Kier alpha value is -0.670. The Morgan fingerprint density at radius 1 is 1.53 bits per heavy atom. The zero-order valence-corrected chi connectivity index (χ0v) is 11.6. The minimum absolute atomic E-state index is 0.0562. The Balaban J connectivity index is 2.29. The van der Waals surface area contributed by atoms with Gasteiger partial charge in [0.1, 0.15) is 0 Å². The molecule has 0 spiro atoms. The van der Waals surface area contributed by atoms with Crippen LogP contribution in [0.25, 0.3) is 0 Å². The van der Waals surface area contributed by atoms with E-state index < -0.39 is 0 Å². The van der Waals surface area contributed by atoms with Crippen LogP contribution >= 0.6 is 23.4 Å². The minimum Gasteiger partial charge on any atom is -0.366 e. The fraction of sp³-hybridized carbons (Fsp3) is 0.462. The predicted molar refractivity (Wildman–Crippen MR) is 75.6 cm³/mol. The van der Waals surface area contributed by atoms with Gasteiger partial charge in [0, 0.05) is 29.7 Å². The standard InChI is InChI=1S/C13H16ClNOS/c1-9-8-17-6-5-15(9)13-4-3-11(10(2)16)7-12(13)14/h3-4,7,9H,5-6,8H2,1-2H3. The molecule has 1 fully saturated rings. The highest BCUT2D eigenvalue weighted by atomic mass is 35.5. The molecular formula is C13H16ClNOS. The molecule has 1 saturated heterocycles. The molecule has 2 rings (SSSR count). The highest BCUT2D eigenvalue weighted by Gasteiger charge is 2.21. The van der Waals surface area contributed by atoms with E-state index >= 15 is 0 Å². The van der Waals surface area contributed by atoms with Crippen LogP contribution < -0.4 is 4.90 Å². The molecule has 1 aliphatic heterocycles. The molecule has 0 bridgehead atoms. The van der Waals surface area contributed by atoms with Crippen molar-refractivity contribution in [2.24, 2.45) is 0 Å². The first kappa shape index (κ1) is 12.8. The summed E-state index contributed by atoms with van der Waals surface area (Å²) in [6.07, 6.45) is 0. The number of carbonyl (C=O) groups is 1. The Bertz CT molecular complexity index is 435. The molecule has 1 aromatic carbocycles. The molecule has 0 radical (unpaired) electrons. The van der Waals surface area contributed by atoms with Gasteiger partial charge >= 0.3 is 0 Å². The monoisotopic (exact) mass is 269 g/mol. The topological polar surface area (TPSA) is 20.3 Å². The number of rotatable bonds is 2. The molecule has 1 heterocycles. The summed E-state index contributed by atoms with van der Waals surface area (Å²) in [5.74, 6) is 2.32. The maximum absolute atomic E-state index is 11.3. The summed E-state index contributed by atoms with van der Waals surface area (Å²) in [5, 5.41) is 0.677. The lowest BCUT2D eigenvalue weighted by Crippen LogP contribution is -2.40. The van der Waals surface area contributed by atoms with Crippen LogP contribution in [0.15, 0.2) is 18.2 Å². The van der Waals surface area contributed by atoms with Gasteiger partial charge < -0.3 is 4.90 Å². The zero-order chi connectivity index (χ0) is 12.4. The summed E-state index contributed by atoms with van der Waals surface area (Å²) < 4.78 is 0. The van der Waals surface area contributed by atoms with Crippen LogP contribution in [0.5, 0.6) is 0 Å². The Labute approximate surface area is 111 Å². The molecule has 4 heteroatoms. The van der Waals surface area contributed by atoms with Crippen molar-refractivity contribution in [2.75, 3.05) is 23.0 Å². The fourth-order valence-corrected chi connectivity index (χ4v) is 3.35. The first-order valence-electron chi connectivity index (χ1n) is 5.74. The maximum atomic E-state index is 11.3. The van der Waals surface area contributed by atoms with Crippen molar-refractivity contribution in [3.05, 3.63) is 28.8 Å². The summed E-state index contributed by atoms with van der Waals surface area (Å²) in [5.41, 5.74) is 1.72. The molecule has 1 aromatic rings. The summed E-state index contributed by atoms with van der Waals surface area (Å²) >= 11 is 8.25. The van der Waals surface area contributed by atoms with Crippen LogP contribution in [0.3, 0.4) is 0 Å². The van der Waals surface area contributed by atoms with Gasteiger partial charge in [0.2, 0.25) is 0 Å². The maximum Gasteiger partial charge on any atom is 0.159 e. The van der Waals surface area contributed by atoms with E-state index in [9.17, 15) is 4.79 Å². The molecule has 2 nitrogen and oxygen atoms in total. The lowest BCUT2D eigenvalue weighted by Gasteiger charge is -2.35. The molecule has 1 aliphatic rings. The van der Waals surface area contributed by atoms with Gasteiger partial charge in [-0.25, -0.2) is 0 Å². The molecule has 0 saturated carbocycles. The largest absolute Gasteiger partial charge is 0.366 e. The second-order valence-corrected chi connectivity index (χ2v) is 5.90. The van der Waals surface area contributed by atoms with E-state index in [0.717, 1.165) is 23.7 Å². The van der Waals surface area contributed by atoms with Gasteiger partial charge in [-0.15, -0.1) is 0 Å². The van der Waals surface area contributed by atoms with Crippen LogP contribution in [-0.2, 0) is 0 Å². The SMILES string of the molecule is CC(=O)c1ccc(N2CCSCC2C)c(Cl)c1. The zero-order valence-electron chi connectivity index (χ0n) is 10.1. The molecule has 0 aliphatic carbocycles. The van der Waals surface area contributed by atoms with Gasteiger partial charge in [0.15, 0.2) is 5.78 Å². The Morgan fingerprint density at radius 3 is 2.88 bits per heavy atom. The van der Waals surface area contributed by atoms with Crippen molar-refractivity contribution in [1.82, 2.24) is 0 Å². The van der Waals surface area contributed by atoms with Crippen molar-refractivity contribution in [2.45, 2.75) is 19.9 Å². The predicted octanol–water partition coefficient (Wildman–Crippen LogP) is 3.48. The second-order valence-electron chi connectivity index (χ2n) is 4.34. The van der Waals surface area contributed by atoms with Gasteiger partial charge in [-0.05, 0) is 32.0 Å². The molecular weight excluding hydrogens is 254 g/mol. The van der Waals surface area contributed by atoms with Crippen LogP contribution in [0, 0.1) is 0 Å². The normalized spacial score (nSPS) is 20.4. The third-order valence-electron chi connectivity index (χ3n) is 3.03. The molecule has 1 unspecified atom stereocenters. The molecule has 0 N–H and O–H groups in total. The van der Waals surface area contributed by atoms with Crippen LogP contribution in [0.2, 0.25) is 5.02 Å². The smallest absolute Gasteiger partial charge is 0.159 e. The van der Waals surface area contributed by atoms with Crippen molar-refractivity contribution in [3.63, 3.8) is 0 Å². The van der Waals surface area contributed by atoms with Crippen LogP contribution in [0.4, 0.5) is 5.69 Å². The van der Waals surface area contributed by atoms with E-state index in [1.54, 1.807) is 13.0 Å². The van der Waals surface area contributed by atoms with Gasteiger partial charge in [0.05, 0.1) is 10.7 Å². The number of benzene rings is 1. The highest BCUT2D eigenvalue weighted by Crippen LogP contribution is 2.31. The van der Waals surface area contributed by atoms with Crippen molar-refractivity contribution >= 4 is 34.8 Å². The van der Waals surface area contributed by atoms with E-state index in [1.807, 2.05) is 23.9 Å². The fourth-order valence-electron chi connectivity index (χ4n) is 2.04. The lowest BCUT2D eigenvalue weighted by atomic mass is 10.1. The highest BCUT2D eigenvalue weighted by molar-refractivity contribution is 7.99. The first-order valence-corrected chi connectivity index (χ1v) is 7.27. The summed E-state index contributed by atoms with van der Waals surface area (Å²) in [6, 6.07) is 6.09. The third-order valence-corrected chi connectivity index (χ3v) is 4.52. The van der Waals surface area contributed by atoms with Crippen molar-refractivity contribution in [3.8, 4) is 0 Å². The number of ketones is 1. The number of anilines is 1. The van der Waals surface area contributed by atoms with Crippen molar-refractivity contribution < 1.29 is 4.79 Å². The average molecular weight is 270 g/mol. The van der Waals surface area contributed by atoms with Gasteiger partial charge in [0.25, 0.3) is 0 Å². The lowest BCUT2D eigenvalue weighted by molar-refractivity contribution is 0.101. The van der Waals surface area contributed by atoms with Crippen LogP contribution in [0.1, 0.15) is 24.2 Å². The van der Waals surface area contributed by atoms with E-state index in [1.165, 1.54) is 0 Å². The number of Topliss-reactive ketones (excluding diaryl/α,β-unsaturated/α-hetero) is 1. The summed E-state index contributed by atoms with van der Waals surface area (Å²) in [4.78, 5) is 13.6. The minimum atomic E-state index is 0.0562. The second kappa shape index (κ2) is 5.32. The van der Waals surface area contributed by atoms with E-state index in [-0.39, 0.29) is 5.78 Å². The number of hydrogen-bond donors (Lipinski definition) is 0. The van der Waals surface area contributed by atoms with Crippen LogP contribution in [-0.4, -0.2) is 29.9 Å². The molecule has 0 aromatic heterocycles. The Morgan fingerprint density at radius 2 is 2.29 bits per heavy atom. The van der Waals surface area contributed by atoms with Gasteiger partial charge in [-0.3, -0.25) is 4.79 Å². The molecule has 92 valence electrons. The number of halogens is 1. The van der Waals surface area contributed by atoms with E-state index in [0.29, 0.717) is 16.6 Å². The summed E-state index contributed by atoms with van der Waals surface area (Å²) in [6.45, 7) is 4.79. The van der Waals surface area contributed by atoms with Crippen molar-refractivity contribution in [1.29, 1.82) is 0 Å². The molecule has 1 atom stereocenters. The first-order chi connectivity index (χ1) is 8.09. The van der Waals surface area contributed by atoms with E-state index in [2.05, 4.69) is 11.8 Å². The number of thioether (sulfide) groups is 1. The molecule has 17 heavy (non-hydrogen) atoms. The Kier molecular flexibility index (Phi) is 4.00.